The molecule has 0 aromatic rings. The van der Waals surface area contributed by atoms with E-state index in [1.165, 1.54) is 27.7 Å². The quantitative estimate of drug-likeness (QED) is 0.0793. The van der Waals surface area contributed by atoms with Gasteiger partial charge in [0.1, 0.15) is 17.6 Å². The van der Waals surface area contributed by atoms with Gasteiger partial charge in [0.25, 0.3) is 0 Å². The van der Waals surface area contributed by atoms with Crippen LogP contribution in [-0.2, 0) is 62.2 Å². The van der Waals surface area contributed by atoms with E-state index in [-0.39, 0.29) is 59.3 Å². The molecule has 330 valence electrons. The predicted octanol–water partition coefficient (Wildman–Crippen LogP) is 7.42. The predicted molar refractivity (Wildman–Crippen MR) is 227 cm³/mol. The van der Waals surface area contributed by atoms with Gasteiger partial charge in [0.05, 0.1) is 24.1 Å². The number of hydrogen-bond acceptors (Lipinski definition) is 15. The molecule has 0 aliphatic carbocycles. The van der Waals surface area contributed by atoms with E-state index in [1.54, 1.807) is 18.7 Å². The Labute approximate surface area is 352 Å². The van der Waals surface area contributed by atoms with Crippen molar-refractivity contribution < 1.29 is 60.8 Å². The summed E-state index contributed by atoms with van der Waals surface area (Å²) in [5.41, 5.74) is 1.61. The molecular weight excluding hydrogens is 797 g/mol. The van der Waals surface area contributed by atoms with Crippen LogP contribution in [0, 0.1) is 17.8 Å². The number of carbonyl (C=O) groups is 4. The summed E-state index contributed by atoms with van der Waals surface area (Å²) in [5, 5.41) is 0. The fraction of sp³-hybridized carbons (Fsp3) is 0.756. The topological polar surface area (TPSA) is 167 Å². The third-order valence-corrected chi connectivity index (χ3v) is 12.9. The first-order valence-corrected chi connectivity index (χ1v) is 22.8. The lowest BCUT2D eigenvalue weighted by molar-refractivity contribution is -0.194. The molecule has 3 aliphatic heterocycles. The van der Waals surface area contributed by atoms with Crippen LogP contribution < -0.4 is 0 Å². The average molecular weight is 867 g/mol. The van der Waals surface area contributed by atoms with Crippen LogP contribution in [0.25, 0.3) is 0 Å². The molecule has 3 heterocycles. The third kappa shape index (κ3) is 19.5. The van der Waals surface area contributed by atoms with Crippen LogP contribution in [0.5, 0.6) is 0 Å². The second-order valence-corrected chi connectivity index (χ2v) is 18.4. The van der Waals surface area contributed by atoms with E-state index < -0.39 is 51.7 Å². The molecule has 3 rings (SSSR count). The minimum atomic E-state index is -3.53. The maximum Gasteiger partial charge on any atom is 0.305 e. The zero-order valence-corrected chi connectivity index (χ0v) is 38.9. The van der Waals surface area contributed by atoms with Crippen molar-refractivity contribution in [3.05, 3.63) is 36.5 Å². The van der Waals surface area contributed by atoms with E-state index >= 15 is 0 Å². The van der Waals surface area contributed by atoms with Gasteiger partial charge in [0, 0.05) is 57.0 Å². The molecule has 0 N–H and O–H groups in total. The van der Waals surface area contributed by atoms with Gasteiger partial charge in [0.2, 0.25) is 6.29 Å². The number of thioether (sulfide) groups is 1. The number of rotatable bonds is 14. The SMILES string of the molecule is C=C(C)CS.C=C(C)CS(=O)(=O)C1O[C@H](CC)[C@@H](C)[C@H]1OC(C)=O.C=C(C)CSC1O[C@H](CC)[C@@H](C)[C@H]1OC(C)=O.CC[C@H]1OC(OC(C)=O)[C@H](OC(C)=O)[C@@H]1C. The minimum Gasteiger partial charge on any atom is -0.458 e. The first kappa shape index (κ1) is 54.6. The second-order valence-electron chi connectivity index (χ2n) is 14.9. The van der Waals surface area contributed by atoms with Crippen LogP contribution in [0.3, 0.4) is 0 Å². The molecule has 0 radical (unpaired) electrons. The zero-order valence-electron chi connectivity index (χ0n) is 36.4. The molecule has 3 saturated heterocycles. The second kappa shape index (κ2) is 26.7. The van der Waals surface area contributed by atoms with Gasteiger partial charge in [-0.25, -0.2) is 8.42 Å². The largest absolute Gasteiger partial charge is 0.458 e. The van der Waals surface area contributed by atoms with Crippen molar-refractivity contribution in [3.63, 3.8) is 0 Å². The number of thiol groups is 1. The highest BCUT2D eigenvalue weighted by Gasteiger charge is 2.50. The van der Waals surface area contributed by atoms with Crippen LogP contribution in [0.4, 0.5) is 0 Å². The average Bonchev–Trinajstić information content (AvgIpc) is 3.68. The van der Waals surface area contributed by atoms with Gasteiger partial charge >= 0.3 is 23.9 Å². The molecule has 3 unspecified atom stereocenters. The molecule has 0 spiro atoms. The lowest BCUT2D eigenvalue weighted by atomic mass is 9.99. The van der Waals surface area contributed by atoms with Crippen molar-refractivity contribution in [1.82, 2.24) is 0 Å². The zero-order chi connectivity index (χ0) is 44.4. The maximum atomic E-state index is 12.3. The molecule has 0 amide bonds. The Balaban J connectivity index is 0.000000780. The minimum absolute atomic E-state index is 0.0262. The molecule has 0 aromatic heterocycles. The number of hydrogen-bond donors (Lipinski definition) is 1. The molecule has 0 saturated carbocycles. The summed E-state index contributed by atoms with van der Waals surface area (Å²) in [4.78, 5) is 44.1. The van der Waals surface area contributed by atoms with Crippen LogP contribution >= 0.6 is 24.4 Å². The fourth-order valence-corrected chi connectivity index (χ4v) is 9.34. The third-order valence-electron chi connectivity index (χ3n) is 9.01. The molecule has 16 heteroatoms. The lowest BCUT2D eigenvalue weighted by Gasteiger charge is -2.21. The van der Waals surface area contributed by atoms with Crippen molar-refractivity contribution in [2.45, 2.75) is 163 Å². The summed E-state index contributed by atoms with van der Waals surface area (Å²) < 4.78 is 62.3. The Morgan fingerprint density at radius 3 is 1.39 bits per heavy atom. The monoisotopic (exact) mass is 866 g/mol. The number of esters is 4. The fourth-order valence-electron chi connectivity index (χ4n) is 6.30. The highest BCUT2D eigenvalue weighted by molar-refractivity contribution is 8.00. The van der Waals surface area contributed by atoms with Crippen molar-refractivity contribution in [2.75, 3.05) is 17.3 Å². The number of ether oxygens (including phenoxy) is 7. The summed E-state index contributed by atoms with van der Waals surface area (Å²) >= 11 is 5.58. The molecule has 3 aliphatic rings. The first-order chi connectivity index (χ1) is 26.4. The molecule has 0 aromatic carbocycles. The summed E-state index contributed by atoms with van der Waals surface area (Å²) in [5.74, 6) is 0.0735. The van der Waals surface area contributed by atoms with Gasteiger partial charge in [-0.1, -0.05) is 78.0 Å². The van der Waals surface area contributed by atoms with Crippen molar-refractivity contribution in [2.24, 2.45) is 17.8 Å². The summed E-state index contributed by atoms with van der Waals surface area (Å²) in [6, 6.07) is 0. The smallest absolute Gasteiger partial charge is 0.305 e. The van der Waals surface area contributed by atoms with E-state index in [9.17, 15) is 27.6 Å². The van der Waals surface area contributed by atoms with Crippen LogP contribution in [0.15, 0.2) is 36.5 Å². The molecule has 0 bridgehead atoms. The van der Waals surface area contributed by atoms with E-state index in [0.29, 0.717) is 12.0 Å². The Morgan fingerprint density at radius 2 is 0.982 bits per heavy atom. The summed E-state index contributed by atoms with van der Waals surface area (Å²) in [6.07, 6.45) is 0.170. The summed E-state index contributed by atoms with van der Waals surface area (Å²) in [7, 11) is -3.53. The van der Waals surface area contributed by atoms with E-state index in [4.69, 9.17) is 33.2 Å². The van der Waals surface area contributed by atoms with E-state index in [0.717, 1.165) is 35.5 Å². The highest BCUT2D eigenvalue weighted by atomic mass is 32.2. The van der Waals surface area contributed by atoms with Gasteiger partial charge in [-0.15, -0.1) is 11.8 Å². The molecule has 12 atom stereocenters. The van der Waals surface area contributed by atoms with Gasteiger partial charge in [0.15, 0.2) is 21.4 Å². The Bertz CT molecular complexity index is 1450. The molecular formula is C41H70O13S3. The lowest BCUT2D eigenvalue weighted by Crippen LogP contribution is -2.37. The van der Waals surface area contributed by atoms with Crippen molar-refractivity contribution in [1.29, 1.82) is 0 Å². The number of carbonyl (C=O) groups excluding carboxylic acids is 4. The van der Waals surface area contributed by atoms with Gasteiger partial charge < -0.3 is 33.2 Å². The Morgan fingerprint density at radius 1 is 0.596 bits per heavy atom. The molecule has 3 fully saturated rings. The highest BCUT2D eigenvalue weighted by Crippen LogP contribution is 2.38. The maximum absolute atomic E-state index is 12.3. The van der Waals surface area contributed by atoms with Crippen molar-refractivity contribution in [3.8, 4) is 0 Å². The van der Waals surface area contributed by atoms with Crippen molar-refractivity contribution >= 4 is 58.1 Å². The van der Waals surface area contributed by atoms with Crippen LogP contribution in [0.1, 0.15) is 109 Å². The summed E-state index contributed by atoms with van der Waals surface area (Å²) in [6.45, 7) is 33.9. The van der Waals surface area contributed by atoms with Gasteiger partial charge in [-0.2, -0.15) is 12.6 Å². The normalized spacial score (nSPS) is 30.1. The first-order valence-electron chi connectivity index (χ1n) is 19.4. The van der Waals surface area contributed by atoms with Crippen LogP contribution in [-0.4, -0.2) is 103 Å². The van der Waals surface area contributed by atoms with E-state index in [2.05, 4.69) is 46.2 Å². The molecule has 13 nitrogen and oxygen atoms in total. The van der Waals surface area contributed by atoms with E-state index in [1.807, 2.05) is 41.5 Å². The Hall–Kier alpha value is -2.37. The standard InChI is InChI=1S/C13H22O5S.C13H22O3S.C11H18O5.C4H8S/c1-6-11-9(4)12(17-10(5)14)13(18-11)19(15,16)7-8(2)3;1-6-11-9(4)12(15-10(5)14)13(16-11)17-7-8(2)3;1-5-9-6(2)10(14-7(3)12)11(16-9)15-8(4)13;1-4(2)3-5/h9,11-13H,2,6-7H2,1,3-5H3;9,11-13H,2,6-7H2,1,3-5H3;6,9-11H,5H2,1-4H3;5H,1,3H2,2H3/t2*9-,11-,12-,13?;6-,9-,10-,11?;/m111./s1. The van der Waals surface area contributed by atoms with Gasteiger partial charge in [-0.3, -0.25) is 19.2 Å². The number of sulfone groups is 1. The molecule has 57 heavy (non-hydrogen) atoms. The van der Waals surface area contributed by atoms with Crippen LogP contribution in [0.2, 0.25) is 0 Å². The van der Waals surface area contributed by atoms with Gasteiger partial charge in [-0.05, 0) is 40.0 Å². The Kier molecular flexibility index (Phi) is 25.6.